The van der Waals surface area contributed by atoms with Gasteiger partial charge in [-0.25, -0.2) is 0 Å². The van der Waals surface area contributed by atoms with Crippen LogP contribution in [0.1, 0.15) is 36.5 Å². The number of morpholine rings is 1. The summed E-state index contributed by atoms with van der Waals surface area (Å²) >= 11 is 6.32. The van der Waals surface area contributed by atoms with Gasteiger partial charge in [-0.15, -0.1) is 12.4 Å². The SMILES string of the molecule is CC1CCCCN1C(=O)c1ccc(NC(=O)C2COCCN2)cc1Cl.Cl. The van der Waals surface area contributed by atoms with Crippen LogP contribution in [0.4, 0.5) is 5.69 Å². The third-order valence-corrected chi connectivity index (χ3v) is 5.08. The summed E-state index contributed by atoms with van der Waals surface area (Å²) in [5.74, 6) is -0.211. The van der Waals surface area contributed by atoms with E-state index >= 15 is 0 Å². The van der Waals surface area contributed by atoms with E-state index in [4.69, 9.17) is 16.3 Å². The lowest BCUT2D eigenvalue weighted by Gasteiger charge is -2.33. The van der Waals surface area contributed by atoms with Gasteiger partial charge < -0.3 is 20.3 Å². The zero-order valence-corrected chi connectivity index (χ0v) is 16.4. The fraction of sp³-hybridized carbons (Fsp3) is 0.556. The quantitative estimate of drug-likeness (QED) is 0.816. The zero-order chi connectivity index (χ0) is 17.8. The molecule has 2 heterocycles. The minimum Gasteiger partial charge on any atom is -0.378 e. The summed E-state index contributed by atoms with van der Waals surface area (Å²) in [6.45, 7) is 4.45. The molecule has 2 N–H and O–H groups in total. The highest BCUT2D eigenvalue weighted by Crippen LogP contribution is 2.26. The monoisotopic (exact) mass is 401 g/mol. The normalized spacial score (nSPS) is 23.1. The molecule has 0 bridgehead atoms. The summed E-state index contributed by atoms with van der Waals surface area (Å²) in [6.07, 6.45) is 3.20. The second-order valence-corrected chi connectivity index (χ2v) is 7.02. The van der Waals surface area contributed by atoms with Crippen LogP contribution in [-0.4, -0.2) is 55.1 Å². The standard InChI is InChI=1S/C18H24ClN3O3.ClH/c1-12-4-2-3-8-22(12)18(24)14-6-5-13(10-15(14)19)21-17(23)16-11-25-9-7-20-16;/h5-6,10,12,16,20H,2-4,7-9,11H2,1H3,(H,21,23);1H. The number of hydrogen-bond acceptors (Lipinski definition) is 4. The van der Waals surface area contributed by atoms with Gasteiger partial charge in [-0.05, 0) is 44.4 Å². The Balaban J connectivity index is 0.00000243. The molecule has 2 fully saturated rings. The number of nitrogens with zero attached hydrogens (tertiary/aromatic N) is 1. The number of nitrogens with one attached hydrogen (secondary N) is 2. The Labute approximate surface area is 165 Å². The van der Waals surface area contributed by atoms with Crippen molar-refractivity contribution in [3.05, 3.63) is 28.8 Å². The minimum absolute atomic E-state index is 0. The van der Waals surface area contributed by atoms with Crippen molar-refractivity contribution in [3.63, 3.8) is 0 Å². The number of carbonyl (C=O) groups excluding carboxylic acids is 2. The fourth-order valence-corrected chi connectivity index (χ4v) is 3.55. The van der Waals surface area contributed by atoms with Crippen molar-refractivity contribution < 1.29 is 14.3 Å². The number of carbonyl (C=O) groups is 2. The van der Waals surface area contributed by atoms with Crippen molar-refractivity contribution in [1.29, 1.82) is 0 Å². The molecule has 8 heteroatoms. The van der Waals surface area contributed by atoms with E-state index in [-0.39, 0.29) is 36.3 Å². The zero-order valence-electron chi connectivity index (χ0n) is 14.8. The van der Waals surface area contributed by atoms with Gasteiger partial charge in [0.25, 0.3) is 5.91 Å². The fourth-order valence-electron chi connectivity index (χ4n) is 3.28. The largest absolute Gasteiger partial charge is 0.378 e. The summed E-state index contributed by atoms with van der Waals surface area (Å²) in [7, 11) is 0. The molecule has 0 aromatic heterocycles. The first kappa shape index (κ1) is 21.0. The maximum absolute atomic E-state index is 12.7. The van der Waals surface area contributed by atoms with Crippen LogP contribution in [0.5, 0.6) is 0 Å². The Bertz CT molecular complexity index is 651. The lowest BCUT2D eigenvalue weighted by molar-refractivity contribution is -0.120. The van der Waals surface area contributed by atoms with E-state index in [0.29, 0.717) is 36.0 Å². The number of piperidine rings is 1. The average Bonchev–Trinajstić information content (AvgIpc) is 2.62. The van der Waals surface area contributed by atoms with E-state index in [9.17, 15) is 9.59 Å². The third-order valence-electron chi connectivity index (χ3n) is 4.77. The van der Waals surface area contributed by atoms with E-state index in [1.165, 1.54) is 0 Å². The Morgan fingerprint density at radius 3 is 2.81 bits per heavy atom. The van der Waals surface area contributed by atoms with Gasteiger partial charge in [0.2, 0.25) is 5.91 Å². The van der Waals surface area contributed by atoms with Gasteiger partial charge >= 0.3 is 0 Å². The number of amides is 2. The number of rotatable bonds is 3. The molecule has 0 radical (unpaired) electrons. The molecule has 2 saturated heterocycles. The van der Waals surface area contributed by atoms with Crippen molar-refractivity contribution in [1.82, 2.24) is 10.2 Å². The van der Waals surface area contributed by atoms with Crippen molar-refractivity contribution in [2.75, 3.05) is 31.6 Å². The average molecular weight is 402 g/mol. The molecule has 0 aliphatic carbocycles. The second kappa shape index (κ2) is 9.55. The number of anilines is 1. The predicted octanol–water partition coefficient (Wildman–Crippen LogP) is 2.70. The van der Waals surface area contributed by atoms with E-state index in [1.807, 2.05) is 4.90 Å². The van der Waals surface area contributed by atoms with Crippen molar-refractivity contribution in [2.45, 2.75) is 38.3 Å². The molecule has 2 atom stereocenters. The van der Waals surface area contributed by atoms with Crippen molar-refractivity contribution in [3.8, 4) is 0 Å². The highest BCUT2D eigenvalue weighted by molar-refractivity contribution is 6.34. The van der Waals surface area contributed by atoms with E-state index in [2.05, 4.69) is 17.6 Å². The summed E-state index contributed by atoms with van der Waals surface area (Å²) < 4.78 is 5.29. The van der Waals surface area contributed by atoms with Gasteiger partial charge in [-0.3, -0.25) is 9.59 Å². The topological polar surface area (TPSA) is 70.7 Å². The van der Waals surface area contributed by atoms with E-state index in [1.54, 1.807) is 18.2 Å². The van der Waals surface area contributed by atoms with Crippen LogP contribution in [-0.2, 0) is 9.53 Å². The predicted molar refractivity (Wildman–Crippen MR) is 104 cm³/mol. The molecular weight excluding hydrogens is 377 g/mol. The van der Waals surface area contributed by atoms with E-state index in [0.717, 1.165) is 25.8 Å². The number of likely N-dealkylation sites (tertiary alicyclic amines) is 1. The summed E-state index contributed by atoms with van der Waals surface area (Å²) in [5.41, 5.74) is 1.05. The Hall–Kier alpha value is -1.34. The Kier molecular flexibility index (Phi) is 7.70. The smallest absolute Gasteiger partial charge is 0.255 e. The van der Waals surface area contributed by atoms with Gasteiger partial charge in [0.15, 0.2) is 0 Å². The van der Waals surface area contributed by atoms with Crippen LogP contribution in [0.2, 0.25) is 5.02 Å². The molecule has 6 nitrogen and oxygen atoms in total. The van der Waals surface area contributed by atoms with E-state index < -0.39 is 0 Å². The maximum Gasteiger partial charge on any atom is 0.255 e. The summed E-state index contributed by atoms with van der Waals surface area (Å²) in [4.78, 5) is 26.8. The van der Waals surface area contributed by atoms with Crippen LogP contribution in [0.3, 0.4) is 0 Å². The van der Waals surface area contributed by atoms with Crippen LogP contribution in [0.25, 0.3) is 0 Å². The lowest BCUT2D eigenvalue weighted by atomic mass is 10.0. The molecule has 2 aliphatic heterocycles. The number of halogens is 2. The molecule has 26 heavy (non-hydrogen) atoms. The van der Waals surface area contributed by atoms with Gasteiger partial charge in [-0.2, -0.15) is 0 Å². The van der Waals surface area contributed by atoms with Crippen LogP contribution < -0.4 is 10.6 Å². The van der Waals surface area contributed by atoms with Gasteiger partial charge in [0.05, 0.1) is 23.8 Å². The first-order valence-electron chi connectivity index (χ1n) is 8.79. The van der Waals surface area contributed by atoms with Crippen LogP contribution in [0.15, 0.2) is 18.2 Å². The highest BCUT2D eigenvalue weighted by atomic mass is 35.5. The highest BCUT2D eigenvalue weighted by Gasteiger charge is 2.26. The Morgan fingerprint density at radius 1 is 1.35 bits per heavy atom. The Morgan fingerprint density at radius 2 is 2.15 bits per heavy atom. The van der Waals surface area contributed by atoms with Crippen LogP contribution in [0, 0.1) is 0 Å². The first-order valence-corrected chi connectivity index (χ1v) is 9.16. The molecule has 2 aliphatic rings. The third kappa shape index (κ3) is 4.88. The number of ether oxygens (including phenoxy) is 1. The van der Waals surface area contributed by atoms with Gasteiger partial charge in [0, 0.05) is 24.8 Å². The molecule has 0 spiro atoms. The molecule has 144 valence electrons. The molecular formula is C18H25Cl2N3O3. The van der Waals surface area contributed by atoms with Gasteiger partial charge in [-0.1, -0.05) is 11.6 Å². The summed E-state index contributed by atoms with van der Waals surface area (Å²) in [6, 6.07) is 4.89. The lowest BCUT2D eigenvalue weighted by Crippen LogP contribution is -2.48. The molecule has 1 aromatic carbocycles. The summed E-state index contributed by atoms with van der Waals surface area (Å²) in [5, 5.41) is 6.27. The minimum atomic E-state index is -0.372. The number of hydrogen-bond donors (Lipinski definition) is 2. The van der Waals surface area contributed by atoms with Crippen molar-refractivity contribution in [2.24, 2.45) is 0 Å². The first-order chi connectivity index (χ1) is 12.1. The molecule has 0 saturated carbocycles. The molecule has 2 unspecified atom stereocenters. The molecule has 2 amide bonds. The van der Waals surface area contributed by atoms with Crippen molar-refractivity contribution >= 4 is 41.5 Å². The molecule has 3 rings (SSSR count). The second-order valence-electron chi connectivity index (χ2n) is 6.61. The maximum atomic E-state index is 12.7. The molecule has 1 aromatic rings. The number of benzene rings is 1. The van der Waals surface area contributed by atoms with Crippen LogP contribution >= 0.6 is 24.0 Å². The van der Waals surface area contributed by atoms with Gasteiger partial charge in [0.1, 0.15) is 6.04 Å².